The molecule has 0 heterocycles. The normalized spacial score (nSPS) is 11.5. The number of esters is 1. The van der Waals surface area contributed by atoms with Crippen LogP contribution in [0, 0.1) is 5.92 Å². The molecule has 2 aromatic carbocycles. The van der Waals surface area contributed by atoms with Gasteiger partial charge in [0.15, 0.2) is 0 Å². The summed E-state index contributed by atoms with van der Waals surface area (Å²) in [5.41, 5.74) is 1.21. The molecule has 0 radical (unpaired) electrons. The first kappa shape index (κ1) is 22.9. The Labute approximate surface area is 176 Å². The number of ether oxygens (including phenoxy) is 2. The van der Waals surface area contributed by atoms with Gasteiger partial charge in [0.05, 0.1) is 12.2 Å². The summed E-state index contributed by atoms with van der Waals surface area (Å²) in [7, 11) is 0. The Balaban J connectivity index is 1.91. The van der Waals surface area contributed by atoms with Gasteiger partial charge in [-0.3, -0.25) is 14.4 Å². The lowest BCUT2D eigenvalue weighted by Crippen LogP contribution is -2.50. The van der Waals surface area contributed by atoms with Gasteiger partial charge in [-0.1, -0.05) is 56.3 Å². The third-order valence-corrected chi connectivity index (χ3v) is 4.32. The number of para-hydroxylation sites is 1. The summed E-state index contributed by atoms with van der Waals surface area (Å²) < 4.78 is 10.6. The monoisotopic (exact) mass is 412 g/mol. The van der Waals surface area contributed by atoms with Crippen LogP contribution < -0.4 is 15.4 Å². The fraction of sp³-hybridized carbons (Fsp3) is 0.348. The molecule has 0 bridgehead atoms. The smallest absolute Gasteiger partial charge is 0.325 e. The van der Waals surface area contributed by atoms with Crippen LogP contribution in [0.5, 0.6) is 5.75 Å². The van der Waals surface area contributed by atoms with Crippen molar-refractivity contribution in [3.8, 4) is 5.75 Å². The minimum atomic E-state index is -0.811. The topological polar surface area (TPSA) is 93.7 Å². The first-order valence-corrected chi connectivity index (χ1v) is 9.92. The van der Waals surface area contributed by atoms with Crippen LogP contribution in [-0.4, -0.2) is 37.0 Å². The second-order valence-corrected chi connectivity index (χ2v) is 6.99. The van der Waals surface area contributed by atoms with E-state index in [9.17, 15) is 14.4 Å². The number of nitrogens with one attached hydrogen (secondary N) is 2. The molecule has 2 N–H and O–H groups in total. The summed E-state index contributed by atoms with van der Waals surface area (Å²) in [6.45, 7) is 5.73. The Morgan fingerprint density at radius 3 is 2.30 bits per heavy atom. The Kier molecular flexibility index (Phi) is 8.87. The average molecular weight is 412 g/mol. The fourth-order valence-electron chi connectivity index (χ4n) is 2.75. The second-order valence-electron chi connectivity index (χ2n) is 6.99. The van der Waals surface area contributed by atoms with Crippen molar-refractivity contribution in [2.45, 2.75) is 33.4 Å². The number of carbonyl (C=O) groups excluding carboxylic acids is 3. The summed E-state index contributed by atoms with van der Waals surface area (Å²) in [6, 6.07) is 15.3. The second kappa shape index (κ2) is 11.6. The largest absolute Gasteiger partial charge is 0.493 e. The molecule has 7 heteroatoms. The Morgan fingerprint density at radius 2 is 1.63 bits per heavy atom. The van der Waals surface area contributed by atoms with Crippen molar-refractivity contribution in [1.29, 1.82) is 0 Å². The van der Waals surface area contributed by atoms with Crippen molar-refractivity contribution in [3.63, 3.8) is 0 Å². The van der Waals surface area contributed by atoms with Gasteiger partial charge < -0.3 is 20.1 Å². The molecule has 7 nitrogen and oxygen atoms in total. The van der Waals surface area contributed by atoms with Crippen LogP contribution in [-0.2, 0) is 20.9 Å². The van der Waals surface area contributed by atoms with Gasteiger partial charge in [0.1, 0.15) is 24.9 Å². The molecule has 0 spiro atoms. The Bertz CT molecular complexity index is 852. The lowest BCUT2D eigenvalue weighted by atomic mass is 10.0. The minimum Gasteiger partial charge on any atom is -0.493 e. The van der Waals surface area contributed by atoms with E-state index in [0.29, 0.717) is 17.9 Å². The SMILES string of the molecule is CCOc1ccccc1C(=O)NC(C(=O)NCC(=O)OCc1ccccc1)C(C)C. The summed E-state index contributed by atoms with van der Waals surface area (Å²) in [5.74, 6) is -1.16. The van der Waals surface area contributed by atoms with Crippen molar-refractivity contribution >= 4 is 17.8 Å². The molecule has 0 saturated heterocycles. The maximum absolute atomic E-state index is 12.7. The molecular formula is C23H28N2O5. The van der Waals surface area contributed by atoms with Crippen molar-refractivity contribution in [3.05, 3.63) is 65.7 Å². The van der Waals surface area contributed by atoms with E-state index in [2.05, 4.69) is 10.6 Å². The van der Waals surface area contributed by atoms with Crippen LogP contribution in [0.4, 0.5) is 0 Å². The first-order valence-electron chi connectivity index (χ1n) is 9.92. The molecular weight excluding hydrogens is 384 g/mol. The molecule has 30 heavy (non-hydrogen) atoms. The zero-order chi connectivity index (χ0) is 21.9. The van der Waals surface area contributed by atoms with E-state index in [1.165, 1.54) is 0 Å². The van der Waals surface area contributed by atoms with Gasteiger partial charge in [-0.05, 0) is 30.5 Å². The molecule has 2 rings (SSSR count). The molecule has 1 atom stereocenters. The highest BCUT2D eigenvalue weighted by Gasteiger charge is 2.26. The lowest BCUT2D eigenvalue weighted by Gasteiger charge is -2.22. The molecule has 2 amide bonds. The van der Waals surface area contributed by atoms with Gasteiger partial charge in [0, 0.05) is 0 Å². The number of carbonyl (C=O) groups is 3. The third-order valence-electron chi connectivity index (χ3n) is 4.32. The minimum absolute atomic E-state index is 0.133. The number of benzene rings is 2. The molecule has 0 aliphatic heterocycles. The number of amides is 2. The highest BCUT2D eigenvalue weighted by Crippen LogP contribution is 2.18. The number of hydrogen-bond donors (Lipinski definition) is 2. The zero-order valence-electron chi connectivity index (χ0n) is 17.5. The van der Waals surface area contributed by atoms with Crippen LogP contribution in [0.25, 0.3) is 0 Å². The maximum atomic E-state index is 12.7. The van der Waals surface area contributed by atoms with E-state index in [0.717, 1.165) is 5.56 Å². The van der Waals surface area contributed by atoms with Gasteiger partial charge in [0.2, 0.25) is 5.91 Å². The standard InChI is InChI=1S/C23H28N2O5/c1-4-29-19-13-9-8-12-18(19)22(27)25-21(16(2)3)23(28)24-14-20(26)30-15-17-10-6-5-7-11-17/h5-13,16,21H,4,14-15H2,1-3H3,(H,24,28)(H,25,27). The summed E-state index contributed by atoms with van der Waals surface area (Å²) in [5, 5.41) is 5.27. The van der Waals surface area contributed by atoms with Crippen LogP contribution >= 0.6 is 0 Å². The number of rotatable bonds is 10. The van der Waals surface area contributed by atoms with Gasteiger partial charge >= 0.3 is 5.97 Å². The molecule has 1 unspecified atom stereocenters. The van der Waals surface area contributed by atoms with E-state index >= 15 is 0 Å². The molecule has 2 aromatic rings. The quantitative estimate of drug-likeness (QED) is 0.585. The predicted octanol–water partition coefficient (Wildman–Crippen LogP) is 2.70. The third kappa shape index (κ3) is 6.92. The predicted molar refractivity (Wildman–Crippen MR) is 113 cm³/mol. The molecule has 0 aromatic heterocycles. The maximum Gasteiger partial charge on any atom is 0.325 e. The van der Waals surface area contributed by atoms with Crippen molar-refractivity contribution in [2.75, 3.05) is 13.2 Å². The molecule has 0 aliphatic rings. The Morgan fingerprint density at radius 1 is 0.967 bits per heavy atom. The van der Waals surface area contributed by atoms with Gasteiger partial charge in [0.25, 0.3) is 5.91 Å². The van der Waals surface area contributed by atoms with Gasteiger partial charge in [-0.2, -0.15) is 0 Å². The van der Waals surface area contributed by atoms with Gasteiger partial charge in [-0.15, -0.1) is 0 Å². The summed E-state index contributed by atoms with van der Waals surface area (Å²) in [4.78, 5) is 37.2. The molecule has 0 saturated carbocycles. The van der Waals surface area contributed by atoms with Crippen LogP contribution in [0.2, 0.25) is 0 Å². The van der Waals surface area contributed by atoms with E-state index in [1.54, 1.807) is 24.3 Å². The van der Waals surface area contributed by atoms with Crippen LogP contribution in [0.15, 0.2) is 54.6 Å². The zero-order valence-corrected chi connectivity index (χ0v) is 17.5. The lowest BCUT2D eigenvalue weighted by molar-refractivity contribution is -0.145. The first-order chi connectivity index (χ1) is 14.4. The van der Waals surface area contributed by atoms with Crippen LogP contribution in [0.3, 0.4) is 0 Å². The van der Waals surface area contributed by atoms with Crippen LogP contribution in [0.1, 0.15) is 36.7 Å². The van der Waals surface area contributed by atoms with E-state index < -0.39 is 23.8 Å². The van der Waals surface area contributed by atoms with Crippen molar-refractivity contribution in [2.24, 2.45) is 5.92 Å². The average Bonchev–Trinajstić information content (AvgIpc) is 2.75. The summed E-state index contributed by atoms with van der Waals surface area (Å²) >= 11 is 0. The Hall–Kier alpha value is -3.35. The van der Waals surface area contributed by atoms with E-state index in [-0.39, 0.29) is 19.1 Å². The van der Waals surface area contributed by atoms with Crippen molar-refractivity contribution < 1.29 is 23.9 Å². The molecule has 0 aliphatic carbocycles. The highest BCUT2D eigenvalue weighted by atomic mass is 16.5. The fourth-order valence-corrected chi connectivity index (χ4v) is 2.75. The number of hydrogen-bond acceptors (Lipinski definition) is 5. The molecule has 0 fully saturated rings. The summed E-state index contributed by atoms with van der Waals surface area (Å²) in [6.07, 6.45) is 0. The van der Waals surface area contributed by atoms with Gasteiger partial charge in [-0.25, -0.2) is 0 Å². The highest BCUT2D eigenvalue weighted by molar-refractivity contribution is 6.00. The van der Waals surface area contributed by atoms with E-state index in [1.807, 2.05) is 51.1 Å². The van der Waals surface area contributed by atoms with Crippen molar-refractivity contribution in [1.82, 2.24) is 10.6 Å². The van der Waals surface area contributed by atoms with E-state index in [4.69, 9.17) is 9.47 Å². The molecule has 160 valence electrons.